The normalized spacial score (nSPS) is 21.6. The first-order chi connectivity index (χ1) is 14.2. The highest BCUT2D eigenvalue weighted by Gasteiger charge is 2.41. The van der Waals surface area contributed by atoms with E-state index in [0.29, 0.717) is 19.6 Å². The molecule has 2 aliphatic heterocycles. The Labute approximate surface area is 179 Å². The lowest BCUT2D eigenvalue weighted by atomic mass is 9.78. The van der Waals surface area contributed by atoms with Crippen molar-refractivity contribution in [3.8, 4) is 5.75 Å². The van der Waals surface area contributed by atoms with E-state index in [2.05, 4.69) is 4.90 Å². The molecule has 7 nitrogen and oxygen atoms in total. The van der Waals surface area contributed by atoms with Crippen LogP contribution in [0.5, 0.6) is 5.75 Å². The molecule has 2 saturated heterocycles. The van der Waals surface area contributed by atoms with Crippen LogP contribution in [0.25, 0.3) is 0 Å². The number of likely N-dealkylation sites (tertiary alicyclic amines) is 1. The highest BCUT2D eigenvalue weighted by atomic mass is 16.5. The van der Waals surface area contributed by atoms with Crippen LogP contribution in [0.15, 0.2) is 24.3 Å². The molecule has 0 spiro atoms. The van der Waals surface area contributed by atoms with Crippen molar-refractivity contribution in [2.75, 3.05) is 51.8 Å². The molecular weight excluding hydrogens is 382 g/mol. The Morgan fingerprint density at radius 3 is 2.40 bits per heavy atom. The molecule has 1 N–H and O–H groups in total. The minimum absolute atomic E-state index is 0.0137. The zero-order chi connectivity index (χ0) is 21.9. The molecule has 1 atom stereocenters. The summed E-state index contributed by atoms with van der Waals surface area (Å²) in [7, 11) is 4.02. The van der Waals surface area contributed by atoms with E-state index in [1.165, 1.54) is 0 Å². The van der Waals surface area contributed by atoms with E-state index in [1.807, 2.05) is 57.1 Å². The first-order valence-electron chi connectivity index (χ1n) is 10.8. The average molecular weight is 418 g/mol. The van der Waals surface area contributed by atoms with Crippen molar-refractivity contribution in [2.24, 2.45) is 11.3 Å². The molecule has 166 valence electrons. The van der Waals surface area contributed by atoms with Crippen molar-refractivity contribution in [1.82, 2.24) is 9.80 Å². The van der Waals surface area contributed by atoms with E-state index < -0.39 is 0 Å². The molecule has 1 aromatic carbocycles. The number of piperidine rings is 1. The Morgan fingerprint density at radius 1 is 1.23 bits per heavy atom. The Morgan fingerprint density at radius 2 is 1.87 bits per heavy atom. The molecule has 1 aromatic rings. The number of ether oxygens (including phenoxy) is 1. The maximum Gasteiger partial charge on any atom is 0.228 e. The van der Waals surface area contributed by atoms with E-state index in [1.54, 1.807) is 4.90 Å². The molecule has 30 heavy (non-hydrogen) atoms. The predicted octanol–water partition coefficient (Wildman–Crippen LogP) is 1.99. The zero-order valence-electron chi connectivity index (χ0n) is 18.6. The maximum absolute atomic E-state index is 13.1. The second kappa shape index (κ2) is 9.35. The summed E-state index contributed by atoms with van der Waals surface area (Å²) in [6.07, 6.45) is 1.92. The summed E-state index contributed by atoms with van der Waals surface area (Å²) >= 11 is 0. The lowest BCUT2D eigenvalue weighted by Gasteiger charge is -2.42. The molecular formula is C23H35N3O4. The number of rotatable bonds is 7. The number of hydrogen-bond donors (Lipinski definition) is 1. The number of carbonyl (C=O) groups is 2. The standard InChI is InChI=1S/C23H35N3O4/c1-17(2)30-20-7-5-19(6-8-20)26-14-18(13-21(26)28)22(29)25-11-9-23(16-27,10-12-25)15-24(3)4/h5-8,17-18,27H,9-16H2,1-4H3. The predicted molar refractivity (Wildman–Crippen MR) is 117 cm³/mol. The molecule has 2 fully saturated rings. The summed E-state index contributed by atoms with van der Waals surface area (Å²) in [6, 6.07) is 7.48. The molecule has 0 bridgehead atoms. The summed E-state index contributed by atoms with van der Waals surface area (Å²) < 4.78 is 5.66. The quantitative estimate of drug-likeness (QED) is 0.735. The van der Waals surface area contributed by atoms with Gasteiger partial charge in [0.15, 0.2) is 0 Å². The van der Waals surface area contributed by atoms with Crippen molar-refractivity contribution >= 4 is 17.5 Å². The average Bonchev–Trinajstić information content (AvgIpc) is 3.09. The van der Waals surface area contributed by atoms with Gasteiger partial charge in [0.2, 0.25) is 11.8 Å². The van der Waals surface area contributed by atoms with Gasteiger partial charge in [-0.15, -0.1) is 0 Å². The molecule has 3 rings (SSSR count). The van der Waals surface area contributed by atoms with Crippen molar-refractivity contribution in [3.05, 3.63) is 24.3 Å². The van der Waals surface area contributed by atoms with Crippen LogP contribution in [-0.2, 0) is 9.59 Å². The SMILES string of the molecule is CC(C)Oc1ccc(N2CC(C(=O)N3CCC(CO)(CN(C)C)CC3)CC2=O)cc1. The third-order valence-electron chi connectivity index (χ3n) is 6.12. The minimum Gasteiger partial charge on any atom is -0.491 e. The highest BCUT2D eigenvalue weighted by Crippen LogP contribution is 2.34. The van der Waals surface area contributed by atoms with Crippen LogP contribution in [0.2, 0.25) is 0 Å². The third-order valence-corrected chi connectivity index (χ3v) is 6.12. The topological polar surface area (TPSA) is 73.3 Å². The first-order valence-corrected chi connectivity index (χ1v) is 10.8. The fourth-order valence-corrected chi connectivity index (χ4v) is 4.60. The second-order valence-electron chi connectivity index (χ2n) is 9.29. The fraction of sp³-hybridized carbons (Fsp3) is 0.652. The van der Waals surface area contributed by atoms with Crippen LogP contribution < -0.4 is 9.64 Å². The summed E-state index contributed by atoms with van der Waals surface area (Å²) in [4.78, 5) is 31.3. The van der Waals surface area contributed by atoms with Crippen LogP contribution >= 0.6 is 0 Å². The van der Waals surface area contributed by atoms with E-state index in [4.69, 9.17) is 4.74 Å². The lowest BCUT2D eigenvalue weighted by Crippen LogP contribution is -2.50. The molecule has 0 aromatic heterocycles. The minimum atomic E-state index is -0.306. The van der Waals surface area contributed by atoms with Crippen molar-refractivity contribution in [2.45, 2.75) is 39.2 Å². The Hall–Kier alpha value is -2.12. The van der Waals surface area contributed by atoms with Gasteiger partial charge in [-0.3, -0.25) is 9.59 Å². The second-order valence-corrected chi connectivity index (χ2v) is 9.29. The van der Waals surface area contributed by atoms with Crippen molar-refractivity contribution < 1.29 is 19.4 Å². The number of benzene rings is 1. The summed E-state index contributed by atoms with van der Waals surface area (Å²) in [5.74, 6) is 0.508. The Kier molecular flexibility index (Phi) is 7.03. The van der Waals surface area contributed by atoms with E-state index in [9.17, 15) is 14.7 Å². The van der Waals surface area contributed by atoms with E-state index >= 15 is 0 Å². The van der Waals surface area contributed by atoms with Crippen molar-refractivity contribution in [1.29, 1.82) is 0 Å². The van der Waals surface area contributed by atoms with Crippen LogP contribution in [0, 0.1) is 11.3 Å². The van der Waals surface area contributed by atoms with E-state index in [0.717, 1.165) is 30.8 Å². The molecule has 0 radical (unpaired) electrons. The van der Waals surface area contributed by atoms with Gasteiger partial charge in [0.05, 0.1) is 18.6 Å². The van der Waals surface area contributed by atoms with Gasteiger partial charge in [0.25, 0.3) is 0 Å². The van der Waals surface area contributed by atoms with Crippen LogP contribution in [0.3, 0.4) is 0 Å². The van der Waals surface area contributed by atoms with Crippen LogP contribution in [0.4, 0.5) is 5.69 Å². The van der Waals surface area contributed by atoms with Crippen LogP contribution in [-0.4, -0.2) is 79.7 Å². The van der Waals surface area contributed by atoms with Gasteiger partial charge in [0.1, 0.15) is 5.75 Å². The summed E-state index contributed by atoms with van der Waals surface area (Å²) in [6.45, 7) is 6.59. The van der Waals surface area contributed by atoms with Gasteiger partial charge in [-0.25, -0.2) is 0 Å². The molecule has 0 saturated carbocycles. The Bertz CT molecular complexity index is 739. The molecule has 1 unspecified atom stereocenters. The number of aliphatic hydroxyl groups is 1. The van der Waals surface area contributed by atoms with Gasteiger partial charge in [-0.1, -0.05) is 0 Å². The third kappa shape index (κ3) is 5.13. The van der Waals surface area contributed by atoms with Gasteiger partial charge in [0, 0.05) is 43.7 Å². The number of hydrogen-bond acceptors (Lipinski definition) is 5. The molecule has 7 heteroatoms. The van der Waals surface area contributed by atoms with Gasteiger partial charge >= 0.3 is 0 Å². The summed E-state index contributed by atoms with van der Waals surface area (Å²) in [5.41, 5.74) is 0.660. The Balaban J connectivity index is 1.59. The number of amides is 2. The maximum atomic E-state index is 13.1. The smallest absolute Gasteiger partial charge is 0.228 e. The first kappa shape index (κ1) is 22.6. The number of anilines is 1. The number of carbonyl (C=O) groups excluding carboxylic acids is 2. The fourth-order valence-electron chi connectivity index (χ4n) is 4.60. The van der Waals surface area contributed by atoms with Gasteiger partial charge in [-0.2, -0.15) is 0 Å². The number of nitrogens with zero attached hydrogens (tertiary/aromatic N) is 3. The van der Waals surface area contributed by atoms with Crippen molar-refractivity contribution in [3.63, 3.8) is 0 Å². The molecule has 2 aliphatic rings. The molecule has 0 aliphatic carbocycles. The summed E-state index contributed by atoms with van der Waals surface area (Å²) in [5, 5.41) is 9.90. The van der Waals surface area contributed by atoms with E-state index in [-0.39, 0.29) is 42.3 Å². The van der Waals surface area contributed by atoms with Crippen LogP contribution in [0.1, 0.15) is 33.1 Å². The highest BCUT2D eigenvalue weighted by molar-refractivity contribution is 6.00. The molecule has 2 heterocycles. The monoisotopic (exact) mass is 417 g/mol. The van der Waals surface area contributed by atoms with Gasteiger partial charge < -0.3 is 24.5 Å². The largest absolute Gasteiger partial charge is 0.491 e. The zero-order valence-corrected chi connectivity index (χ0v) is 18.6. The van der Waals surface area contributed by atoms with Gasteiger partial charge in [-0.05, 0) is 65.0 Å². The number of aliphatic hydroxyl groups excluding tert-OH is 1. The lowest BCUT2D eigenvalue weighted by molar-refractivity contribution is -0.138. The molecule has 2 amide bonds.